The van der Waals surface area contributed by atoms with Gasteiger partial charge in [-0.1, -0.05) is 43.0 Å². The zero-order valence-corrected chi connectivity index (χ0v) is 9.67. The largest absolute Gasteiger partial charge is 0.393 e. The molecule has 0 saturated heterocycles. The van der Waals surface area contributed by atoms with Crippen LogP contribution in [0.15, 0.2) is 55.1 Å². The van der Waals surface area contributed by atoms with E-state index in [1.807, 2.05) is 30.3 Å². The third-order valence-electron chi connectivity index (χ3n) is 2.70. The molecule has 0 aliphatic carbocycles. The molecule has 0 unspecified atom stereocenters. The van der Waals surface area contributed by atoms with Gasteiger partial charge in [-0.2, -0.15) is 0 Å². The first-order valence-corrected chi connectivity index (χ1v) is 5.38. The molecule has 0 spiro atoms. The van der Waals surface area contributed by atoms with Crippen molar-refractivity contribution >= 4 is 16.9 Å². The van der Waals surface area contributed by atoms with Gasteiger partial charge >= 0.3 is 0 Å². The number of benzene rings is 2. The molecule has 0 aliphatic rings. The molecule has 0 fully saturated rings. The summed E-state index contributed by atoms with van der Waals surface area (Å²) in [5, 5.41) is 10.8. The minimum atomic E-state index is -0.489. The normalized spacial score (nSPS) is 10.0. The van der Waals surface area contributed by atoms with Crippen molar-refractivity contribution < 1.29 is 4.92 Å². The molecule has 0 radical (unpaired) electrons. The number of nitrogens with two attached hydrogens (primary N) is 1. The molecule has 2 aromatic carbocycles. The van der Waals surface area contributed by atoms with Gasteiger partial charge in [0.05, 0.1) is 4.92 Å². The molecule has 0 amide bonds. The molecular weight excluding hydrogens is 228 g/mol. The van der Waals surface area contributed by atoms with E-state index in [2.05, 4.69) is 6.58 Å². The summed E-state index contributed by atoms with van der Waals surface area (Å²) in [4.78, 5) is 10.3. The maximum atomic E-state index is 10.8. The smallest absolute Gasteiger partial charge is 0.292 e. The van der Waals surface area contributed by atoms with E-state index in [1.165, 1.54) is 12.1 Å². The van der Waals surface area contributed by atoms with Gasteiger partial charge in [0.1, 0.15) is 5.69 Å². The number of nitro groups is 1. The minimum Gasteiger partial charge on any atom is -0.393 e. The highest BCUT2D eigenvalue weighted by molar-refractivity contribution is 5.80. The molecule has 2 N–H and O–H groups in total. The summed E-state index contributed by atoms with van der Waals surface area (Å²) in [6.45, 7) is 3.96. The first-order valence-electron chi connectivity index (χ1n) is 5.38. The van der Waals surface area contributed by atoms with Crippen LogP contribution in [0.4, 0.5) is 11.4 Å². The van der Waals surface area contributed by atoms with Gasteiger partial charge in [0.2, 0.25) is 0 Å². The van der Waals surface area contributed by atoms with Crippen molar-refractivity contribution in [3.63, 3.8) is 0 Å². The van der Waals surface area contributed by atoms with Crippen LogP contribution < -0.4 is 5.73 Å². The van der Waals surface area contributed by atoms with Crippen LogP contribution in [-0.2, 0) is 0 Å². The highest BCUT2D eigenvalue weighted by atomic mass is 16.6. The van der Waals surface area contributed by atoms with Crippen LogP contribution >= 0.6 is 0 Å². The molecule has 0 aromatic heterocycles. The molecule has 0 bridgehead atoms. The number of nitrogens with zero attached hydrogens (tertiary/aromatic N) is 1. The second kappa shape index (κ2) is 4.71. The summed E-state index contributed by atoms with van der Waals surface area (Å²) < 4.78 is 0. The number of hydrogen-bond acceptors (Lipinski definition) is 3. The lowest BCUT2D eigenvalue weighted by Crippen LogP contribution is -1.97. The van der Waals surface area contributed by atoms with Crippen molar-refractivity contribution in [2.75, 3.05) is 5.73 Å². The summed E-state index contributed by atoms with van der Waals surface area (Å²) in [5.41, 5.74) is 7.98. The topological polar surface area (TPSA) is 69.2 Å². The van der Waals surface area contributed by atoms with Crippen LogP contribution in [0.25, 0.3) is 5.57 Å². The van der Waals surface area contributed by atoms with E-state index in [9.17, 15) is 10.1 Å². The van der Waals surface area contributed by atoms with E-state index in [4.69, 9.17) is 5.73 Å². The molecule has 2 rings (SSSR count). The second-order valence-corrected chi connectivity index (χ2v) is 3.88. The average Bonchev–Trinajstić information content (AvgIpc) is 2.39. The first-order chi connectivity index (χ1) is 8.59. The lowest BCUT2D eigenvalue weighted by molar-refractivity contribution is -0.383. The Kier molecular flexibility index (Phi) is 3.10. The Balaban J connectivity index is 2.44. The van der Waals surface area contributed by atoms with Gasteiger partial charge in [0.25, 0.3) is 5.69 Å². The third kappa shape index (κ3) is 2.22. The SMILES string of the molecule is C=C(c1ccccc1)c1ccc(N)c([N+](=O)[O-])c1. The number of rotatable bonds is 3. The van der Waals surface area contributed by atoms with E-state index < -0.39 is 4.92 Å². The standard InChI is InChI=1S/C14H12N2O2/c1-10(11-5-3-2-4-6-11)12-7-8-13(15)14(9-12)16(17)18/h2-9H,1,15H2. The fourth-order valence-corrected chi connectivity index (χ4v) is 1.70. The molecule has 18 heavy (non-hydrogen) atoms. The monoisotopic (exact) mass is 240 g/mol. The molecular formula is C14H12N2O2. The molecule has 0 heterocycles. The van der Waals surface area contributed by atoms with Crippen molar-refractivity contribution in [1.29, 1.82) is 0 Å². The van der Waals surface area contributed by atoms with Gasteiger partial charge in [-0.25, -0.2) is 0 Å². The number of nitrogen functional groups attached to an aromatic ring is 1. The Bertz CT molecular complexity index is 606. The van der Waals surface area contributed by atoms with E-state index in [-0.39, 0.29) is 11.4 Å². The fourth-order valence-electron chi connectivity index (χ4n) is 1.70. The number of anilines is 1. The van der Waals surface area contributed by atoms with Crippen LogP contribution in [-0.4, -0.2) is 4.92 Å². The van der Waals surface area contributed by atoms with Gasteiger partial charge < -0.3 is 5.73 Å². The molecule has 90 valence electrons. The Morgan fingerprint density at radius 3 is 2.39 bits per heavy atom. The zero-order chi connectivity index (χ0) is 13.1. The van der Waals surface area contributed by atoms with E-state index in [1.54, 1.807) is 6.07 Å². The van der Waals surface area contributed by atoms with Crippen molar-refractivity contribution in [3.8, 4) is 0 Å². The average molecular weight is 240 g/mol. The van der Waals surface area contributed by atoms with Crippen molar-refractivity contribution in [2.24, 2.45) is 0 Å². The summed E-state index contributed by atoms with van der Waals surface area (Å²) in [6, 6.07) is 14.2. The molecule has 0 saturated carbocycles. The maximum Gasteiger partial charge on any atom is 0.292 e. The van der Waals surface area contributed by atoms with Crippen molar-refractivity contribution in [2.45, 2.75) is 0 Å². The van der Waals surface area contributed by atoms with Gasteiger partial charge in [-0.15, -0.1) is 0 Å². The van der Waals surface area contributed by atoms with Crippen molar-refractivity contribution in [1.82, 2.24) is 0 Å². The Morgan fingerprint density at radius 2 is 1.78 bits per heavy atom. The van der Waals surface area contributed by atoms with Gasteiger partial charge in [-0.3, -0.25) is 10.1 Å². The lowest BCUT2D eigenvalue weighted by atomic mass is 9.99. The van der Waals surface area contributed by atoms with Gasteiger partial charge in [0.15, 0.2) is 0 Å². The maximum absolute atomic E-state index is 10.8. The highest BCUT2D eigenvalue weighted by Crippen LogP contribution is 2.28. The second-order valence-electron chi connectivity index (χ2n) is 3.88. The zero-order valence-electron chi connectivity index (χ0n) is 9.67. The summed E-state index contributed by atoms with van der Waals surface area (Å²) in [6.07, 6.45) is 0. The first kappa shape index (κ1) is 11.9. The van der Waals surface area contributed by atoms with Gasteiger partial charge in [0, 0.05) is 6.07 Å². The predicted molar refractivity (Wildman–Crippen MR) is 72.1 cm³/mol. The van der Waals surface area contributed by atoms with E-state index in [0.29, 0.717) is 5.56 Å². The van der Waals surface area contributed by atoms with Crippen LogP contribution in [0.3, 0.4) is 0 Å². The van der Waals surface area contributed by atoms with Crippen LogP contribution in [0.2, 0.25) is 0 Å². The number of hydrogen-bond donors (Lipinski definition) is 1. The summed E-state index contributed by atoms with van der Waals surface area (Å²) >= 11 is 0. The Hall–Kier alpha value is -2.62. The molecule has 0 aliphatic heterocycles. The quantitative estimate of drug-likeness (QED) is 0.508. The molecule has 4 heteroatoms. The van der Waals surface area contributed by atoms with Crippen LogP contribution in [0.1, 0.15) is 11.1 Å². The molecule has 2 aromatic rings. The lowest BCUT2D eigenvalue weighted by Gasteiger charge is -2.07. The molecule has 0 atom stereocenters. The van der Waals surface area contributed by atoms with E-state index in [0.717, 1.165) is 11.1 Å². The molecule has 4 nitrogen and oxygen atoms in total. The minimum absolute atomic E-state index is 0.0930. The third-order valence-corrected chi connectivity index (χ3v) is 2.70. The van der Waals surface area contributed by atoms with Crippen LogP contribution in [0.5, 0.6) is 0 Å². The Labute approximate surface area is 105 Å². The van der Waals surface area contributed by atoms with Crippen molar-refractivity contribution in [3.05, 3.63) is 76.4 Å². The van der Waals surface area contributed by atoms with Gasteiger partial charge in [-0.05, 0) is 22.8 Å². The van der Waals surface area contributed by atoms with E-state index >= 15 is 0 Å². The fraction of sp³-hybridized carbons (Fsp3) is 0. The van der Waals surface area contributed by atoms with Crippen LogP contribution in [0, 0.1) is 10.1 Å². The predicted octanol–water partition coefficient (Wildman–Crippen LogP) is 3.24. The Morgan fingerprint density at radius 1 is 1.11 bits per heavy atom. The number of nitro benzene ring substituents is 1. The summed E-state index contributed by atoms with van der Waals surface area (Å²) in [7, 11) is 0. The summed E-state index contributed by atoms with van der Waals surface area (Å²) in [5.74, 6) is 0. The highest BCUT2D eigenvalue weighted by Gasteiger charge is 2.13.